The smallest absolute Gasteiger partial charge is 0.229 e. The summed E-state index contributed by atoms with van der Waals surface area (Å²) in [6.45, 7) is 2.34. The number of fused-ring (bicyclic) bond motifs is 1. The Morgan fingerprint density at radius 3 is 2.80 bits per heavy atom. The van der Waals surface area contributed by atoms with Crippen LogP contribution in [0.15, 0.2) is 36.7 Å². The summed E-state index contributed by atoms with van der Waals surface area (Å²) in [5.41, 5.74) is 6.35. The number of aryl methyl sites for hydroxylation is 2. The highest BCUT2D eigenvalue weighted by molar-refractivity contribution is 5.57. The fourth-order valence-electron chi connectivity index (χ4n) is 4.59. The molecule has 3 aromatic rings. The maximum absolute atomic E-state index is 9.59. The zero-order valence-electron chi connectivity index (χ0n) is 17.0. The number of nitrogens with zero attached hydrogens (tertiary/aromatic N) is 5. The van der Waals surface area contributed by atoms with Gasteiger partial charge in [0.1, 0.15) is 0 Å². The zero-order valence-corrected chi connectivity index (χ0v) is 17.0. The molecule has 2 fully saturated rings. The number of aromatic nitrogens is 4. The van der Waals surface area contributed by atoms with Crippen LogP contribution in [0.2, 0.25) is 0 Å². The molecule has 3 aliphatic rings. The quantitative estimate of drug-likeness (QED) is 0.660. The van der Waals surface area contributed by atoms with Crippen LogP contribution in [-0.2, 0) is 19.4 Å². The first-order valence-electron chi connectivity index (χ1n) is 10.9. The van der Waals surface area contributed by atoms with Crippen LogP contribution in [0.1, 0.15) is 47.6 Å². The van der Waals surface area contributed by atoms with Gasteiger partial charge in [-0.1, -0.05) is 6.07 Å². The Balaban J connectivity index is 1.25. The number of aliphatic hydroxyl groups is 1. The molecule has 1 aromatic carbocycles. The van der Waals surface area contributed by atoms with Crippen LogP contribution in [-0.4, -0.2) is 48.9 Å². The second-order valence-corrected chi connectivity index (χ2v) is 8.81. The van der Waals surface area contributed by atoms with E-state index in [1.54, 1.807) is 6.20 Å². The largest absolute Gasteiger partial charge is 0.390 e. The highest BCUT2D eigenvalue weighted by Crippen LogP contribution is 2.41. The third-order valence-corrected chi connectivity index (χ3v) is 6.35. The van der Waals surface area contributed by atoms with E-state index >= 15 is 0 Å². The Morgan fingerprint density at radius 2 is 1.97 bits per heavy atom. The third-order valence-electron chi connectivity index (χ3n) is 6.35. The van der Waals surface area contributed by atoms with Gasteiger partial charge in [-0.05, 0) is 55.4 Å². The number of benzene rings is 1. The lowest BCUT2D eigenvalue weighted by molar-refractivity contribution is -0.00300. The summed E-state index contributed by atoms with van der Waals surface area (Å²) in [5, 5.41) is 17.8. The van der Waals surface area contributed by atoms with Gasteiger partial charge in [0.15, 0.2) is 5.82 Å². The average Bonchev–Trinajstić information content (AvgIpc) is 3.31. The molecular weight excluding hydrogens is 376 g/mol. The molecular formula is C23H26N6O. The molecule has 2 aliphatic carbocycles. The normalized spacial score (nSPS) is 19.0. The Bertz CT molecular complexity index is 1080. The van der Waals surface area contributed by atoms with Gasteiger partial charge >= 0.3 is 0 Å². The van der Waals surface area contributed by atoms with Crippen LogP contribution in [0.25, 0.3) is 5.82 Å². The van der Waals surface area contributed by atoms with E-state index in [1.807, 2.05) is 10.7 Å². The van der Waals surface area contributed by atoms with Gasteiger partial charge in [-0.15, -0.1) is 0 Å². The van der Waals surface area contributed by atoms with Crippen molar-refractivity contribution in [2.24, 2.45) is 0 Å². The molecule has 30 heavy (non-hydrogen) atoms. The third kappa shape index (κ3) is 3.48. The first kappa shape index (κ1) is 18.0. The summed E-state index contributed by atoms with van der Waals surface area (Å²) in [6.07, 6.45) is 9.69. The molecule has 0 bridgehead atoms. The molecule has 7 heteroatoms. The molecule has 0 unspecified atom stereocenters. The lowest BCUT2D eigenvalue weighted by Crippen LogP contribution is -2.49. The van der Waals surface area contributed by atoms with E-state index in [2.05, 4.69) is 39.6 Å². The fourth-order valence-corrected chi connectivity index (χ4v) is 4.59. The van der Waals surface area contributed by atoms with Crippen molar-refractivity contribution in [3.8, 4) is 5.82 Å². The molecule has 1 saturated carbocycles. The van der Waals surface area contributed by atoms with E-state index in [1.165, 1.54) is 48.1 Å². The molecule has 6 rings (SSSR count). The molecule has 0 amide bonds. The van der Waals surface area contributed by atoms with E-state index in [-0.39, 0.29) is 6.10 Å². The van der Waals surface area contributed by atoms with Crippen molar-refractivity contribution in [1.82, 2.24) is 24.6 Å². The predicted octanol–water partition coefficient (Wildman–Crippen LogP) is 2.95. The minimum absolute atomic E-state index is 0.181. The van der Waals surface area contributed by atoms with E-state index < -0.39 is 0 Å². The molecule has 2 aromatic heterocycles. The van der Waals surface area contributed by atoms with Gasteiger partial charge in [-0.3, -0.25) is 4.90 Å². The number of likely N-dealkylation sites (tertiary alicyclic amines) is 1. The van der Waals surface area contributed by atoms with Gasteiger partial charge in [-0.2, -0.15) is 10.1 Å². The van der Waals surface area contributed by atoms with Crippen molar-refractivity contribution in [3.05, 3.63) is 59.0 Å². The summed E-state index contributed by atoms with van der Waals surface area (Å²) in [6, 6.07) is 8.44. The standard InChI is InChI=1S/C23H26N6O/c30-20-13-28(14-20)11-18-12-29(27-22(18)16-4-5-16)21-8-9-24-23(26-21)25-19-7-6-15-2-1-3-17(15)10-19/h6-10,12,16,20,30H,1-5,11,13-14H2,(H,24,25,26). The van der Waals surface area contributed by atoms with E-state index in [0.717, 1.165) is 37.6 Å². The molecule has 1 saturated heterocycles. The zero-order chi connectivity index (χ0) is 20.1. The Kier molecular flexibility index (Phi) is 4.32. The Hall–Kier alpha value is -2.77. The van der Waals surface area contributed by atoms with Gasteiger partial charge in [0.2, 0.25) is 5.95 Å². The number of aliphatic hydroxyl groups excluding tert-OH is 1. The summed E-state index contributed by atoms with van der Waals surface area (Å²) in [4.78, 5) is 11.4. The molecule has 3 heterocycles. The molecule has 2 N–H and O–H groups in total. The van der Waals surface area contributed by atoms with E-state index in [9.17, 15) is 5.11 Å². The number of hydrogen-bond donors (Lipinski definition) is 2. The predicted molar refractivity (Wildman–Crippen MR) is 114 cm³/mol. The van der Waals surface area contributed by atoms with Crippen molar-refractivity contribution in [3.63, 3.8) is 0 Å². The Labute approximate surface area is 175 Å². The van der Waals surface area contributed by atoms with Crippen LogP contribution in [0.3, 0.4) is 0 Å². The summed E-state index contributed by atoms with van der Waals surface area (Å²) < 4.78 is 1.88. The second-order valence-electron chi connectivity index (χ2n) is 8.81. The van der Waals surface area contributed by atoms with Gasteiger partial charge in [-0.25, -0.2) is 9.67 Å². The number of hydrogen-bond acceptors (Lipinski definition) is 6. The maximum Gasteiger partial charge on any atom is 0.229 e. The minimum Gasteiger partial charge on any atom is -0.390 e. The summed E-state index contributed by atoms with van der Waals surface area (Å²) >= 11 is 0. The number of rotatable bonds is 6. The van der Waals surface area contributed by atoms with Crippen LogP contribution in [0.5, 0.6) is 0 Å². The fraction of sp³-hybridized carbons (Fsp3) is 0.435. The molecule has 7 nitrogen and oxygen atoms in total. The average molecular weight is 403 g/mol. The first-order valence-corrected chi connectivity index (χ1v) is 10.9. The molecule has 0 radical (unpaired) electrons. The lowest BCUT2D eigenvalue weighted by Gasteiger charge is -2.35. The lowest BCUT2D eigenvalue weighted by atomic mass is 10.1. The number of β-amino-alcohol motifs (C(OH)–C–C–N with tert-alkyl or cyclic N) is 1. The highest BCUT2D eigenvalue weighted by atomic mass is 16.3. The topological polar surface area (TPSA) is 79.1 Å². The van der Waals surface area contributed by atoms with Crippen LogP contribution < -0.4 is 5.32 Å². The molecule has 154 valence electrons. The maximum atomic E-state index is 9.59. The highest BCUT2D eigenvalue weighted by Gasteiger charge is 2.32. The molecule has 1 aliphatic heterocycles. The van der Waals surface area contributed by atoms with E-state index in [0.29, 0.717) is 11.9 Å². The number of nitrogens with one attached hydrogen (secondary N) is 1. The van der Waals surface area contributed by atoms with Gasteiger partial charge in [0.05, 0.1) is 11.8 Å². The van der Waals surface area contributed by atoms with Crippen LogP contribution >= 0.6 is 0 Å². The SMILES string of the molecule is OC1CN(Cc2cn(-c3ccnc(Nc4ccc5c(c4)CCC5)n3)nc2C2CC2)C1. The van der Waals surface area contributed by atoms with Crippen LogP contribution in [0, 0.1) is 0 Å². The monoisotopic (exact) mass is 402 g/mol. The molecule has 0 spiro atoms. The Morgan fingerprint density at radius 1 is 1.10 bits per heavy atom. The van der Waals surface area contributed by atoms with Crippen molar-refractivity contribution < 1.29 is 5.11 Å². The first-order chi connectivity index (χ1) is 14.7. The minimum atomic E-state index is -0.181. The van der Waals surface area contributed by atoms with Crippen molar-refractivity contribution >= 4 is 11.6 Å². The van der Waals surface area contributed by atoms with Gasteiger partial charge < -0.3 is 10.4 Å². The van der Waals surface area contributed by atoms with Crippen molar-refractivity contribution in [1.29, 1.82) is 0 Å². The van der Waals surface area contributed by atoms with Crippen molar-refractivity contribution in [2.45, 2.75) is 50.7 Å². The molecule has 0 atom stereocenters. The number of anilines is 2. The summed E-state index contributed by atoms with van der Waals surface area (Å²) in [5.74, 6) is 1.92. The summed E-state index contributed by atoms with van der Waals surface area (Å²) in [7, 11) is 0. The van der Waals surface area contributed by atoms with Gasteiger partial charge in [0, 0.05) is 55.3 Å². The second kappa shape index (κ2) is 7.18. The van der Waals surface area contributed by atoms with Gasteiger partial charge in [0.25, 0.3) is 0 Å². The van der Waals surface area contributed by atoms with Crippen molar-refractivity contribution in [2.75, 3.05) is 18.4 Å². The van der Waals surface area contributed by atoms with E-state index in [4.69, 9.17) is 10.1 Å². The van der Waals surface area contributed by atoms with Crippen LogP contribution in [0.4, 0.5) is 11.6 Å².